The Hall–Kier alpha value is -2.84. The van der Waals surface area contributed by atoms with Gasteiger partial charge in [0.05, 0.1) is 25.4 Å². The minimum Gasteiger partial charge on any atom is -0.439 e. The Bertz CT molecular complexity index is 883. The lowest BCUT2D eigenvalue weighted by atomic mass is 10.3. The third kappa shape index (κ3) is 3.74. The highest BCUT2D eigenvalue weighted by atomic mass is 16.5. The zero-order valence-corrected chi connectivity index (χ0v) is 16.6. The Labute approximate surface area is 165 Å². The van der Waals surface area contributed by atoms with E-state index in [0.717, 1.165) is 54.2 Å². The van der Waals surface area contributed by atoms with Crippen molar-refractivity contribution in [2.75, 3.05) is 63.1 Å². The summed E-state index contributed by atoms with van der Waals surface area (Å²) in [6.07, 6.45) is 3.82. The highest BCUT2D eigenvalue weighted by molar-refractivity contribution is 5.78. The van der Waals surface area contributed by atoms with Crippen molar-refractivity contribution in [3.05, 3.63) is 42.2 Å². The summed E-state index contributed by atoms with van der Waals surface area (Å²) in [6, 6.07) is 8.00. The number of ether oxygens (including phenoxy) is 2. The predicted molar refractivity (Wildman–Crippen MR) is 109 cm³/mol. The van der Waals surface area contributed by atoms with Crippen LogP contribution in [0.4, 0.5) is 17.2 Å². The number of nitrogens with zero attached hydrogens (tertiary/aromatic N) is 4. The summed E-state index contributed by atoms with van der Waals surface area (Å²) in [5, 5.41) is 6.76. The van der Waals surface area contributed by atoms with Crippen molar-refractivity contribution in [1.29, 1.82) is 0 Å². The molecule has 1 aromatic carbocycles. The van der Waals surface area contributed by atoms with E-state index in [4.69, 9.17) is 9.47 Å². The van der Waals surface area contributed by atoms with E-state index in [1.165, 1.54) is 0 Å². The predicted octanol–water partition coefficient (Wildman–Crippen LogP) is 1.57. The molecule has 8 heteroatoms. The molecule has 0 saturated carbocycles. The Balaban J connectivity index is 1.49. The van der Waals surface area contributed by atoms with Gasteiger partial charge < -0.3 is 24.6 Å². The average molecular weight is 383 g/mol. The van der Waals surface area contributed by atoms with Gasteiger partial charge in [-0.3, -0.25) is 5.32 Å². The van der Waals surface area contributed by atoms with Gasteiger partial charge in [-0.2, -0.15) is 0 Å². The quantitative estimate of drug-likeness (QED) is 0.556. The molecule has 0 fully saturated rings. The van der Waals surface area contributed by atoms with E-state index in [-0.39, 0.29) is 0 Å². The van der Waals surface area contributed by atoms with Crippen LogP contribution >= 0.6 is 0 Å². The van der Waals surface area contributed by atoms with Gasteiger partial charge >= 0.3 is 0 Å². The molecule has 1 aromatic heterocycles. The van der Waals surface area contributed by atoms with Crippen LogP contribution in [0.2, 0.25) is 0 Å². The lowest BCUT2D eigenvalue weighted by molar-refractivity contribution is -0.686. The summed E-state index contributed by atoms with van der Waals surface area (Å²) in [5.74, 6) is 2.64. The number of nitrogens with one attached hydrogen (secondary N) is 2. The molecule has 148 valence electrons. The molecule has 28 heavy (non-hydrogen) atoms. The average Bonchev–Trinajstić information content (AvgIpc) is 3.29. The van der Waals surface area contributed by atoms with Crippen LogP contribution in [-0.4, -0.2) is 57.5 Å². The van der Waals surface area contributed by atoms with Crippen molar-refractivity contribution in [2.24, 2.45) is 0 Å². The zero-order chi connectivity index (χ0) is 19.5. The van der Waals surface area contributed by atoms with Crippen molar-refractivity contribution in [2.45, 2.75) is 6.54 Å². The number of benzene rings is 1. The first kappa shape index (κ1) is 18.5. The maximum atomic E-state index is 5.99. The van der Waals surface area contributed by atoms with Gasteiger partial charge in [0.15, 0.2) is 17.1 Å². The third-order valence-corrected chi connectivity index (χ3v) is 4.83. The number of fused-ring (bicyclic) bond motifs is 2. The van der Waals surface area contributed by atoms with E-state index in [1.807, 2.05) is 62.7 Å². The van der Waals surface area contributed by atoms with Gasteiger partial charge in [0.2, 0.25) is 18.0 Å². The Morgan fingerprint density at radius 2 is 2.14 bits per heavy atom. The van der Waals surface area contributed by atoms with Crippen molar-refractivity contribution >= 4 is 23.3 Å². The van der Waals surface area contributed by atoms with Crippen LogP contribution in [0.5, 0.6) is 5.75 Å². The van der Waals surface area contributed by atoms with Crippen LogP contribution in [0.25, 0.3) is 6.08 Å². The fourth-order valence-electron chi connectivity index (χ4n) is 3.25. The fraction of sp³-hybridized carbons (Fsp3) is 0.400. The summed E-state index contributed by atoms with van der Waals surface area (Å²) >= 11 is 0. The molecule has 8 nitrogen and oxygen atoms in total. The molecule has 2 aliphatic heterocycles. The molecular formula is C20H27N6O2+. The molecule has 2 aliphatic rings. The maximum absolute atomic E-state index is 5.99. The number of anilines is 3. The SMILES string of the molecule is CN(C)CCOCC[n+]1cnc(/C=C2\Oc3ccccc3N2C)c2c1NCN2. The summed E-state index contributed by atoms with van der Waals surface area (Å²) in [6.45, 7) is 3.72. The zero-order valence-electron chi connectivity index (χ0n) is 16.6. The minimum atomic E-state index is 0.649. The molecule has 0 radical (unpaired) electrons. The van der Waals surface area contributed by atoms with E-state index < -0.39 is 0 Å². The van der Waals surface area contributed by atoms with Gasteiger partial charge in [-0.1, -0.05) is 12.1 Å². The highest BCUT2D eigenvalue weighted by Crippen LogP contribution is 2.38. The molecular weight excluding hydrogens is 356 g/mol. The molecule has 0 atom stereocenters. The lowest BCUT2D eigenvalue weighted by Gasteiger charge is -2.12. The van der Waals surface area contributed by atoms with Gasteiger partial charge in [-0.25, -0.2) is 4.57 Å². The van der Waals surface area contributed by atoms with Crippen LogP contribution in [0.1, 0.15) is 5.69 Å². The van der Waals surface area contributed by atoms with Gasteiger partial charge in [0.1, 0.15) is 6.67 Å². The van der Waals surface area contributed by atoms with Crippen LogP contribution in [-0.2, 0) is 11.3 Å². The molecule has 4 rings (SSSR count). The van der Waals surface area contributed by atoms with Gasteiger partial charge in [-0.05, 0) is 26.2 Å². The maximum Gasteiger partial charge on any atom is 0.250 e. The van der Waals surface area contributed by atoms with Crippen LogP contribution < -0.4 is 24.8 Å². The first-order valence-electron chi connectivity index (χ1n) is 9.48. The molecule has 0 amide bonds. The summed E-state index contributed by atoms with van der Waals surface area (Å²) in [4.78, 5) is 8.80. The third-order valence-electron chi connectivity index (χ3n) is 4.83. The van der Waals surface area contributed by atoms with Gasteiger partial charge in [0, 0.05) is 19.7 Å². The number of rotatable bonds is 7. The summed E-state index contributed by atoms with van der Waals surface area (Å²) in [7, 11) is 6.08. The van der Waals surface area contributed by atoms with Crippen molar-refractivity contribution < 1.29 is 14.0 Å². The molecule has 0 spiro atoms. The Kier molecular flexibility index (Phi) is 5.31. The van der Waals surface area contributed by atoms with Crippen molar-refractivity contribution in [1.82, 2.24) is 9.88 Å². The molecule has 0 saturated heterocycles. The highest BCUT2D eigenvalue weighted by Gasteiger charge is 2.27. The van der Waals surface area contributed by atoms with E-state index in [1.54, 1.807) is 0 Å². The molecule has 0 bridgehead atoms. The normalized spacial score (nSPS) is 16.0. The second-order valence-corrected chi connectivity index (χ2v) is 7.10. The van der Waals surface area contributed by atoms with E-state index in [2.05, 4.69) is 25.1 Å². The number of hydrogen-bond acceptors (Lipinski definition) is 7. The van der Waals surface area contributed by atoms with Crippen LogP contribution in [0, 0.1) is 0 Å². The Morgan fingerprint density at radius 3 is 2.96 bits per heavy atom. The van der Waals surface area contributed by atoms with Gasteiger partial charge in [-0.15, -0.1) is 4.98 Å². The molecule has 2 N–H and O–H groups in total. The first-order valence-corrected chi connectivity index (χ1v) is 9.48. The molecule has 0 aliphatic carbocycles. The Morgan fingerprint density at radius 1 is 1.29 bits per heavy atom. The fourth-order valence-corrected chi connectivity index (χ4v) is 3.25. The molecule has 0 unspecified atom stereocenters. The van der Waals surface area contributed by atoms with Crippen molar-refractivity contribution in [3.63, 3.8) is 0 Å². The summed E-state index contributed by atoms with van der Waals surface area (Å²) < 4.78 is 13.8. The van der Waals surface area contributed by atoms with Crippen molar-refractivity contribution in [3.8, 4) is 5.75 Å². The molecule has 3 heterocycles. The van der Waals surface area contributed by atoms with E-state index in [0.29, 0.717) is 13.3 Å². The second kappa shape index (κ2) is 8.04. The molecule has 2 aromatic rings. The number of likely N-dealkylation sites (N-methyl/N-ethyl adjacent to an activating group) is 1. The van der Waals surface area contributed by atoms with Crippen LogP contribution in [0.3, 0.4) is 0 Å². The number of para-hydroxylation sites is 2. The van der Waals surface area contributed by atoms with E-state index in [9.17, 15) is 0 Å². The monoisotopic (exact) mass is 383 g/mol. The smallest absolute Gasteiger partial charge is 0.250 e. The second-order valence-electron chi connectivity index (χ2n) is 7.10. The number of hydrogen-bond donors (Lipinski definition) is 2. The van der Waals surface area contributed by atoms with E-state index >= 15 is 0 Å². The summed E-state index contributed by atoms with van der Waals surface area (Å²) in [5.41, 5.74) is 2.88. The minimum absolute atomic E-state index is 0.649. The lowest BCUT2D eigenvalue weighted by Crippen LogP contribution is -2.39. The van der Waals surface area contributed by atoms with Gasteiger partial charge in [0.25, 0.3) is 0 Å². The topological polar surface area (TPSA) is 65.8 Å². The first-order chi connectivity index (χ1) is 13.6. The van der Waals surface area contributed by atoms with Crippen LogP contribution in [0.15, 0.2) is 36.5 Å². The number of aromatic nitrogens is 2. The largest absolute Gasteiger partial charge is 0.439 e. The standard InChI is InChI=1S/C20H26N6O2/c1-24(2)8-10-27-11-9-26-14-23-15(19-20(26)22-13-21-19)12-18-25(3)16-6-4-5-7-17(16)28-18/h4-7,12,14,21H,8-11,13H2,1-3H3/p+1/b18-12-.